The Morgan fingerprint density at radius 1 is 1.13 bits per heavy atom. The Kier molecular flexibility index (Phi) is 10.0. The van der Waals surface area contributed by atoms with Gasteiger partial charge in [0.05, 0.1) is 13.2 Å². The molecule has 9 nitrogen and oxygen atoms in total. The maximum absolute atomic E-state index is 13.5. The fourth-order valence-electron chi connectivity index (χ4n) is 2.86. The van der Waals surface area contributed by atoms with Crippen LogP contribution in [0, 0.1) is 11.7 Å². The van der Waals surface area contributed by atoms with Crippen molar-refractivity contribution in [3.8, 4) is 5.75 Å². The zero-order valence-electron chi connectivity index (χ0n) is 17.6. The van der Waals surface area contributed by atoms with Gasteiger partial charge in [0.25, 0.3) is 5.91 Å². The first-order valence-corrected chi connectivity index (χ1v) is 9.66. The lowest BCUT2D eigenvalue weighted by Crippen LogP contribution is -2.55. The number of ether oxygens (including phenoxy) is 1. The van der Waals surface area contributed by atoms with Gasteiger partial charge in [0.1, 0.15) is 17.6 Å². The Hall–Kier alpha value is -2.88. The molecule has 0 aromatic heterocycles. The molecule has 0 heterocycles. The Morgan fingerprint density at radius 3 is 2.33 bits per heavy atom. The van der Waals surface area contributed by atoms with Crippen LogP contribution in [0.5, 0.6) is 5.75 Å². The molecule has 10 heteroatoms. The Bertz CT molecular complexity index is 743. The van der Waals surface area contributed by atoms with Crippen LogP contribution in [0.3, 0.4) is 0 Å². The standard InChI is InChI=1S/C20H30FN3O6/c1-5-15(23-18(26)16(6-11(2)3)24-20(28)29)17(25)19(27)22-10-12-7-13(21)9-14(8-12)30-4/h7-9,11,15-17,24-25H,5-6,10H2,1-4H3,(H,22,27)(H,23,26)(H,28,29)/t15?,16-,17?/m0/s1. The molecule has 0 radical (unpaired) electrons. The third-order valence-electron chi connectivity index (χ3n) is 4.37. The van der Waals surface area contributed by atoms with Gasteiger partial charge in [-0.25, -0.2) is 9.18 Å². The predicted octanol–water partition coefficient (Wildman–Crippen LogP) is 1.39. The third kappa shape index (κ3) is 8.24. The molecular weight excluding hydrogens is 397 g/mol. The van der Waals surface area contributed by atoms with Gasteiger partial charge in [-0.1, -0.05) is 20.8 Å². The van der Waals surface area contributed by atoms with Gasteiger partial charge in [-0.3, -0.25) is 9.59 Å². The minimum absolute atomic E-state index is 0.0455. The molecule has 1 rings (SSSR count). The molecule has 2 unspecified atom stereocenters. The number of halogens is 1. The van der Waals surface area contributed by atoms with E-state index in [9.17, 15) is 23.9 Å². The number of carbonyl (C=O) groups excluding carboxylic acids is 2. The van der Waals surface area contributed by atoms with Gasteiger partial charge in [0.2, 0.25) is 5.91 Å². The molecule has 0 saturated carbocycles. The lowest BCUT2D eigenvalue weighted by atomic mass is 10.0. The van der Waals surface area contributed by atoms with E-state index in [1.165, 1.54) is 19.2 Å². The van der Waals surface area contributed by atoms with E-state index in [4.69, 9.17) is 9.84 Å². The number of nitrogens with one attached hydrogen (secondary N) is 3. The topological polar surface area (TPSA) is 137 Å². The van der Waals surface area contributed by atoms with Crippen LogP contribution in [0.1, 0.15) is 39.2 Å². The molecule has 0 saturated heterocycles. The van der Waals surface area contributed by atoms with E-state index in [1.807, 2.05) is 13.8 Å². The molecule has 0 bridgehead atoms. The minimum Gasteiger partial charge on any atom is -0.497 e. The van der Waals surface area contributed by atoms with Crippen LogP contribution in [-0.4, -0.2) is 53.4 Å². The zero-order chi connectivity index (χ0) is 22.8. The molecule has 1 aromatic rings. The number of hydrogen-bond donors (Lipinski definition) is 5. The molecule has 0 fully saturated rings. The van der Waals surface area contributed by atoms with Crippen LogP contribution in [-0.2, 0) is 16.1 Å². The number of carbonyl (C=O) groups is 3. The van der Waals surface area contributed by atoms with Gasteiger partial charge in [0, 0.05) is 12.6 Å². The number of rotatable bonds is 11. The largest absolute Gasteiger partial charge is 0.497 e. The SMILES string of the molecule is CCC(NC(=O)[C@H](CC(C)C)NC(=O)O)C(O)C(=O)NCc1cc(F)cc(OC)c1. The summed E-state index contributed by atoms with van der Waals surface area (Å²) in [5.74, 6) is -1.57. The summed E-state index contributed by atoms with van der Waals surface area (Å²) < 4.78 is 18.5. The predicted molar refractivity (Wildman–Crippen MR) is 107 cm³/mol. The Balaban J connectivity index is 2.74. The normalized spacial score (nSPS) is 13.8. The summed E-state index contributed by atoms with van der Waals surface area (Å²) in [6.45, 7) is 5.29. The van der Waals surface area contributed by atoms with Gasteiger partial charge in [0.15, 0.2) is 6.10 Å². The third-order valence-corrected chi connectivity index (χ3v) is 4.37. The van der Waals surface area contributed by atoms with Gasteiger partial charge < -0.3 is 30.9 Å². The van der Waals surface area contributed by atoms with Gasteiger partial charge in [-0.05, 0) is 36.5 Å². The van der Waals surface area contributed by atoms with Crippen LogP contribution in [0.15, 0.2) is 18.2 Å². The minimum atomic E-state index is -1.57. The van der Waals surface area contributed by atoms with Crippen LogP contribution in [0.4, 0.5) is 9.18 Å². The van der Waals surface area contributed by atoms with Crippen molar-refractivity contribution < 1.29 is 33.7 Å². The molecule has 1 aromatic carbocycles. The van der Waals surface area contributed by atoms with E-state index in [0.717, 1.165) is 0 Å². The highest BCUT2D eigenvalue weighted by Gasteiger charge is 2.29. The molecule has 0 aliphatic rings. The number of methoxy groups -OCH3 is 1. The number of hydrogen-bond acceptors (Lipinski definition) is 5. The smallest absolute Gasteiger partial charge is 0.405 e. The van der Waals surface area contributed by atoms with Crippen LogP contribution < -0.4 is 20.7 Å². The Labute approximate surface area is 175 Å². The van der Waals surface area contributed by atoms with Gasteiger partial charge >= 0.3 is 6.09 Å². The fraction of sp³-hybridized carbons (Fsp3) is 0.550. The van der Waals surface area contributed by atoms with Crippen molar-refractivity contribution in [2.75, 3.05) is 7.11 Å². The van der Waals surface area contributed by atoms with E-state index in [0.29, 0.717) is 11.3 Å². The highest BCUT2D eigenvalue weighted by Crippen LogP contribution is 2.16. The average Bonchev–Trinajstić information content (AvgIpc) is 2.67. The maximum Gasteiger partial charge on any atom is 0.405 e. The van der Waals surface area contributed by atoms with Crippen LogP contribution >= 0.6 is 0 Å². The second kappa shape index (κ2) is 12.0. The number of aliphatic hydroxyl groups is 1. The molecule has 0 spiro atoms. The van der Waals surface area contributed by atoms with E-state index in [1.54, 1.807) is 13.0 Å². The summed E-state index contributed by atoms with van der Waals surface area (Å²) in [6, 6.07) is 2.03. The van der Waals surface area contributed by atoms with Crippen molar-refractivity contribution in [3.63, 3.8) is 0 Å². The highest BCUT2D eigenvalue weighted by atomic mass is 19.1. The molecule has 3 atom stereocenters. The average molecular weight is 427 g/mol. The monoisotopic (exact) mass is 427 g/mol. The number of carboxylic acid groups (broad SMARTS) is 1. The van der Waals surface area contributed by atoms with Crippen LogP contribution in [0.25, 0.3) is 0 Å². The molecule has 168 valence electrons. The summed E-state index contributed by atoms with van der Waals surface area (Å²) in [5, 5.41) is 26.4. The first-order valence-electron chi connectivity index (χ1n) is 9.66. The van der Waals surface area contributed by atoms with Crippen molar-refractivity contribution in [1.82, 2.24) is 16.0 Å². The lowest BCUT2D eigenvalue weighted by Gasteiger charge is -2.25. The molecule has 0 aliphatic heterocycles. The number of benzene rings is 1. The van der Waals surface area contributed by atoms with E-state index in [-0.39, 0.29) is 25.3 Å². The molecule has 5 N–H and O–H groups in total. The summed E-state index contributed by atoms with van der Waals surface area (Å²) in [7, 11) is 1.39. The lowest BCUT2D eigenvalue weighted by molar-refractivity contribution is -0.133. The summed E-state index contributed by atoms with van der Waals surface area (Å²) in [6.07, 6.45) is -2.42. The van der Waals surface area contributed by atoms with Crippen molar-refractivity contribution >= 4 is 17.9 Å². The summed E-state index contributed by atoms with van der Waals surface area (Å²) >= 11 is 0. The number of amides is 3. The quantitative estimate of drug-likeness (QED) is 0.362. The second-order valence-corrected chi connectivity index (χ2v) is 7.32. The van der Waals surface area contributed by atoms with Gasteiger partial charge in [-0.2, -0.15) is 0 Å². The fourth-order valence-corrected chi connectivity index (χ4v) is 2.86. The Morgan fingerprint density at radius 2 is 1.80 bits per heavy atom. The van der Waals surface area contributed by atoms with Crippen LogP contribution in [0.2, 0.25) is 0 Å². The first kappa shape index (κ1) is 25.2. The van der Waals surface area contributed by atoms with Crippen molar-refractivity contribution in [2.45, 2.75) is 58.3 Å². The van der Waals surface area contributed by atoms with Crippen molar-refractivity contribution in [2.24, 2.45) is 5.92 Å². The molecule has 3 amide bonds. The molecule has 30 heavy (non-hydrogen) atoms. The summed E-state index contributed by atoms with van der Waals surface area (Å²) in [4.78, 5) is 35.7. The highest BCUT2D eigenvalue weighted by molar-refractivity contribution is 5.87. The van der Waals surface area contributed by atoms with Gasteiger partial charge in [-0.15, -0.1) is 0 Å². The first-order chi connectivity index (χ1) is 14.1. The molecule has 0 aliphatic carbocycles. The van der Waals surface area contributed by atoms with E-state index < -0.39 is 41.9 Å². The summed E-state index contributed by atoms with van der Waals surface area (Å²) in [5.41, 5.74) is 0.437. The van der Waals surface area contributed by atoms with Crippen molar-refractivity contribution in [1.29, 1.82) is 0 Å². The molecular formula is C20H30FN3O6. The van der Waals surface area contributed by atoms with E-state index >= 15 is 0 Å². The zero-order valence-corrected chi connectivity index (χ0v) is 17.6. The second-order valence-electron chi connectivity index (χ2n) is 7.32. The van der Waals surface area contributed by atoms with Crippen molar-refractivity contribution in [3.05, 3.63) is 29.6 Å². The van der Waals surface area contributed by atoms with E-state index in [2.05, 4.69) is 16.0 Å². The maximum atomic E-state index is 13.5. The number of aliphatic hydroxyl groups excluding tert-OH is 1.